The summed E-state index contributed by atoms with van der Waals surface area (Å²) in [5, 5.41) is 36.4. The average Bonchev–Trinajstić information content (AvgIpc) is 2.02. The van der Waals surface area contributed by atoms with Gasteiger partial charge in [-0.3, -0.25) is 0 Å². The van der Waals surface area contributed by atoms with Gasteiger partial charge in [0.25, 0.3) is 0 Å². The first-order chi connectivity index (χ1) is 41.7. The summed E-state index contributed by atoms with van der Waals surface area (Å²) >= 11 is 4.96. The van der Waals surface area contributed by atoms with Crippen LogP contribution in [0.1, 0.15) is 76.6 Å². The van der Waals surface area contributed by atoms with Crippen LogP contribution in [-0.2, 0) is 25.9 Å². The molecule has 0 saturated heterocycles. The minimum absolute atomic E-state index is 0.136. The highest BCUT2D eigenvalue weighted by atomic mass is 32.2. The lowest BCUT2D eigenvalue weighted by Gasteiger charge is -2.23. The molecule has 10 aromatic rings. The minimum atomic E-state index is -0.697. The topological polar surface area (TPSA) is 100.0 Å². The van der Waals surface area contributed by atoms with Gasteiger partial charge in [-0.2, -0.15) is 10.2 Å². The van der Waals surface area contributed by atoms with Gasteiger partial charge in [0, 0.05) is 149 Å². The van der Waals surface area contributed by atoms with Gasteiger partial charge in [-0.15, -0.1) is 23.5 Å². The van der Waals surface area contributed by atoms with E-state index in [9.17, 15) is 10.2 Å². The van der Waals surface area contributed by atoms with E-state index in [4.69, 9.17) is 9.47 Å². The highest BCUT2D eigenvalue weighted by Crippen LogP contribution is 2.36. The van der Waals surface area contributed by atoms with E-state index in [1.54, 1.807) is 41.5 Å². The lowest BCUT2D eigenvalue weighted by molar-refractivity contribution is 0.125. The van der Waals surface area contributed by atoms with Crippen LogP contribution in [0, 0.1) is 0 Å². The number of hydrogen-bond acceptors (Lipinski definition) is 11. The zero-order chi connectivity index (χ0) is 59.1. The predicted molar refractivity (Wildman–Crippen MR) is 364 cm³/mol. The number of nitrogens with zero attached hydrogens (tertiary/aromatic N) is 6. The first-order valence-electron chi connectivity index (χ1n) is 30.3. The molecule has 10 rings (SSSR count). The van der Waals surface area contributed by atoms with E-state index in [2.05, 4.69) is 228 Å². The Balaban J connectivity index is 0.679. The van der Waals surface area contributed by atoms with Gasteiger partial charge in [0.2, 0.25) is 0 Å². The Morgan fingerprint density at radius 3 is 1.60 bits per heavy atom. The molecule has 10 nitrogen and oxygen atoms in total. The number of aliphatic hydroxyl groups is 2. The maximum atomic E-state index is 11.2. The van der Waals surface area contributed by atoms with Crippen molar-refractivity contribution in [2.75, 3.05) is 60.7 Å². The molecule has 0 fully saturated rings. The highest BCUT2D eigenvalue weighted by Gasteiger charge is 2.17. The predicted octanol–water partition coefficient (Wildman–Crippen LogP) is 16.9. The number of hydrogen-bond donors (Lipinski definition) is 2. The third-order valence-corrected chi connectivity index (χ3v) is 19.2. The number of ether oxygens (including phenoxy) is 2. The molecule has 0 aliphatic carbocycles. The number of aryl methyl sites for hydroxylation is 4. The van der Waals surface area contributed by atoms with Crippen LogP contribution >= 0.6 is 35.3 Å². The second kappa shape index (κ2) is 29.8. The van der Waals surface area contributed by atoms with E-state index >= 15 is 0 Å². The molecule has 2 atom stereocenters. The molecular weight excluding hydrogens is 1110 g/mol. The minimum Gasteiger partial charge on any atom is -0.490 e. The number of rotatable bonds is 30. The van der Waals surface area contributed by atoms with Crippen molar-refractivity contribution in [1.29, 1.82) is 0 Å². The summed E-state index contributed by atoms with van der Waals surface area (Å²) in [6.45, 7) is 18.8. The Bertz CT molecular complexity index is 3870. The summed E-state index contributed by atoms with van der Waals surface area (Å²) in [5.41, 5.74) is 11.6. The van der Waals surface area contributed by atoms with Crippen molar-refractivity contribution in [1.82, 2.24) is 9.13 Å². The number of unbranched alkanes of at least 4 members (excludes halogenated alkanes) is 1. The van der Waals surface area contributed by atoms with Crippen LogP contribution in [0.25, 0.3) is 43.6 Å². The van der Waals surface area contributed by atoms with Crippen molar-refractivity contribution >= 4 is 103 Å². The lowest BCUT2D eigenvalue weighted by atomic mass is 10.0. The van der Waals surface area contributed by atoms with Crippen LogP contribution in [0.2, 0.25) is 0 Å². The lowest BCUT2D eigenvalue weighted by Crippen LogP contribution is -2.23. The fraction of sp³-hybridized carbons (Fsp3) is 0.306. The van der Waals surface area contributed by atoms with Gasteiger partial charge in [0.05, 0.1) is 24.6 Å². The van der Waals surface area contributed by atoms with Crippen LogP contribution in [0.5, 0.6) is 11.5 Å². The molecule has 85 heavy (non-hydrogen) atoms. The van der Waals surface area contributed by atoms with Gasteiger partial charge in [-0.05, 0) is 175 Å². The van der Waals surface area contributed by atoms with E-state index in [0.29, 0.717) is 17.3 Å². The number of aliphatic hydroxyl groups excluding tert-OH is 2. The maximum absolute atomic E-state index is 11.2. The quantitative estimate of drug-likeness (QED) is 0.0197. The van der Waals surface area contributed by atoms with E-state index in [1.807, 2.05) is 18.3 Å². The number of fused-ring (bicyclic) bond motifs is 6. The van der Waals surface area contributed by atoms with Gasteiger partial charge in [0.1, 0.15) is 24.7 Å². The molecule has 13 heteroatoms. The third-order valence-electron chi connectivity index (χ3n) is 15.9. The third kappa shape index (κ3) is 14.9. The first-order valence-corrected chi connectivity index (χ1v) is 33.1. The van der Waals surface area contributed by atoms with Crippen molar-refractivity contribution in [3.8, 4) is 11.5 Å². The average molecular weight is 1190 g/mol. The Morgan fingerprint density at radius 2 is 0.976 bits per heavy atom. The van der Waals surface area contributed by atoms with Crippen LogP contribution in [-0.4, -0.2) is 94.9 Å². The van der Waals surface area contributed by atoms with Crippen molar-refractivity contribution < 1.29 is 19.7 Å². The fourth-order valence-corrected chi connectivity index (χ4v) is 13.8. The molecule has 0 radical (unpaired) electrons. The molecule has 2 aromatic heterocycles. The van der Waals surface area contributed by atoms with E-state index in [0.717, 1.165) is 113 Å². The summed E-state index contributed by atoms with van der Waals surface area (Å²) in [6, 6.07) is 60.3. The standard InChI is InChI=1S/C72H80N6O4S3/c1-7-75(8-2)55-31-29-52(21-14-13-20-51-28-41-68-65(42-51)63-23-15-17-25-66(63)77(68)11-5)70(43-55)81-47-57(79)49-83-59-33-37-61(38-34-59)85-62-39-35-60(36-40-62)84-50-58(80)48-82-71-44-56(76(9-3)10-4)32-30-53(71)45-73-74-46-54-22-19-27-69-72(54)64-24-16-18-26-67(64)78(69)12-6/h15-19,22-46,57-58,79-80H,7-14,20-21,47-50H2,1-6H3. The van der Waals surface area contributed by atoms with Crippen LogP contribution in [0.4, 0.5) is 11.4 Å². The summed E-state index contributed by atoms with van der Waals surface area (Å²) in [6.07, 6.45) is 6.30. The van der Waals surface area contributed by atoms with Crippen molar-refractivity contribution in [2.45, 2.75) is 112 Å². The summed E-state index contributed by atoms with van der Waals surface area (Å²) in [5.74, 6) is 2.53. The number of anilines is 2. The van der Waals surface area contributed by atoms with Gasteiger partial charge in [0.15, 0.2) is 0 Å². The van der Waals surface area contributed by atoms with Crippen LogP contribution in [0.15, 0.2) is 200 Å². The SMILES string of the molecule is CCN(CC)c1ccc(C=NN=Cc2cccc3c2c2ccccc2n3CC)c(OCC(O)CSc2ccc(Sc3ccc(SCC(O)COc4cc(N(CC)CC)ccc4CCCCc4ccc5c(c4)c4ccccc4n5CC)cc3)cc2)c1. The molecular formula is C72H80N6O4S3. The summed E-state index contributed by atoms with van der Waals surface area (Å²) in [7, 11) is 0. The van der Waals surface area contributed by atoms with Crippen LogP contribution in [0.3, 0.4) is 0 Å². The molecule has 0 amide bonds. The molecule has 2 heterocycles. The zero-order valence-corrected chi connectivity index (χ0v) is 52.4. The molecule has 0 aliphatic rings. The fourth-order valence-electron chi connectivity index (χ4n) is 11.4. The van der Waals surface area contributed by atoms with E-state index < -0.39 is 12.2 Å². The van der Waals surface area contributed by atoms with Crippen LogP contribution < -0.4 is 19.3 Å². The Kier molecular flexibility index (Phi) is 21.4. The highest BCUT2D eigenvalue weighted by molar-refractivity contribution is 8.00. The Labute approximate surface area is 515 Å². The van der Waals surface area contributed by atoms with Gasteiger partial charge >= 0.3 is 0 Å². The maximum Gasteiger partial charge on any atom is 0.130 e. The van der Waals surface area contributed by atoms with Gasteiger partial charge < -0.3 is 38.6 Å². The normalized spacial score (nSPS) is 12.6. The van der Waals surface area contributed by atoms with E-state index in [-0.39, 0.29) is 13.2 Å². The van der Waals surface area contributed by atoms with Crippen molar-refractivity contribution in [2.24, 2.45) is 10.2 Å². The second-order valence-electron chi connectivity index (χ2n) is 21.3. The summed E-state index contributed by atoms with van der Waals surface area (Å²) < 4.78 is 17.6. The molecule has 2 unspecified atom stereocenters. The Morgan fingerprint density at radius 1 is 0.471 bits per heavy atom. The van der Waals surface area contributed by atoms with Crippen molar-refractivity contribution in [3.05, 3.63) is 192 Å². The van der Waals surface area contributed by atoms with Crippen molar-refractivity contribution in [3.63, 3.8) is 0 Å². The number of para-hydroxylation sites is 2. The monoisotopic (exact) mass is 1190 g/mol. The number of benzene rings is 8. The smallest absolute Gasteiger partial charge is 0.130 e. The largest absolute Gasteiger partial charge is 0.490 e. The zero-order valence-electron chi connectivity index (χ0n) is 50.0. The molecule has 0 aliphatic heterocycles. The second-order valence-corrected chi connectivity index (χ2v) is 24.6. The summed E-state index contributed by atoms with van der Waals surface area (Å²) in [4.78, 5) is 9.06. The molecule has 0 saturated carbocycles. The molecule has 0 spiro atoms. The molecule has 440 valence electrons. The number of thioether (sulfide) groups is 2. The molecule has 0 bridgehead atoms. The van der Waals surface area contributed by atoms with E-state index in [1.165, 1.54) is 54.7 Å². The van der Waals surface area contributed by atoms with Gasteiger partial charge in [-0.25, -0.2) is 0 Å². The molecule has 2 N–H and O–H groups in total. The Hall–Kier alpha value is -7.13. The number of aromatic nitrogens is 2. The van der Waals surface area contributed by atoms with Gasteiger partial charge in [-0.1, -0.05) is 72.4 Å². The molecule has 8 aromatic carbocycles. The first kappa shape index (κ1) is 61.0.